The van der Waals surface area contributed by atoms with E-state index in [9.17, 15) is 0 Å². The summed E-state index contributed by atoms with van der Waals surface area (Å²) >= 11 is 0. The first-order valence-electron chi connectivity index (χ1n) is 8.60. The van der Waals surface area contributed by atoms with Gasteiger partial charge in [-0.25, -0.2) is 0 Å². The Morgan fingerprint density at radius 2 is 1.73 bits per heavy atom. The molecule has 142 valence electrons. The van der Waals surface area contributed by atoms with Crippen LogP contribution in [0.2, 0.25) is 0 Å². The van der Waals surface area contributed by atoms with Crippen LogP contribution < -0.4 is 15.4 Å². The fourth-order valence-corrected chi connectivity index (χ4v) is 2.35. The van der Waals surface area contributed by atoms with Crippen LogP contribution in [-0.4, -0.2) is 32.8 Å². The Labute approximate surface area is 173 Å². The summed E-state index contributed by atoms with van der Waals surface area (Å²) in [6, 6.07) is 18.2. The molecule has 6 heteroatoms. The molecule has 2 N–H and O–H groups in total. The SMILES string of the molecule is CCOc1ccccc1CNC(=NC)NCCOCc1ccccc1.I. The van der Waals surface area contributed by atoms with E-state index in [1.807, 2.05) is 49.4 Å². The van der Waals surface area contributed by atoms with Crippen molar-refractivity contribution >= 4 is 29.9 Å². The average molecular weight is 469 g/mol. The van der Waals surface area contributed by atoms with Crippen LogP contribution in [0.25, 0.3) is 0 Å². The van der Waals surface area contributed by atoms with Crippen molar-refractivity contribution in [1.82, 2.24) is 10.6 Å². The number of aliphatic imine (C=N–C) groups is 1. The molecule has 0 saturated carbocycles. The minimum atomic E-state index is 0. The Kier molecular flexibility index (Phi) is 11.5. The van der Waals surface area contributed by atoms with Crippen LogP contribution in [0, 0.1) is 0 Å². The average Bonchev–Trinajstić information content (AvgIpc) is 2.66. The van der Waals surface area contributed by atoms with Gasteiger partial charge in [-0.05, 0) is 18.6 Å². The Bertz CT molecular complexity index is 651. The van der Waals surface area contributed by atoms with E-state index in [0.717, 1.165) is 17.3 Å². The molecule has 0 aliphatic carbocycles. The van der Waals surface area contributed by atoms with Crippen LogP contribution in [0.5, 0.6) is 5.75 Å². The predicted octanol–water partition coefficient (Wildman–Crippen LogP) is 3.59. The van der Waals surface area contributed by atoms with E-state index >= 15 is 0 Å². The molecule has 0 bridgehead atoms. The van der Waals surface area contributed by atoms with E-state index < -0.39 is 0 Å². The summed E-state index contributed by atoms with van der Waals surface area (Å²) in [4.78, 5) is 4.23. The number of para-hydroxylation sites is 1. The van der Waals surface area contributed by atoms with Gasteiger partial charge in [-0.1, -0.05) is 48.5 Å². The molecule has 0 saturated heterocycles. The lowest BCUT2D eigenvalue weighted by molar-refractivity contribution is 0.125. The molecule has 0 fully saturated rings. The number of guanidine groups is 1. The summed E-state index contributed by atoms with van der Waals surface area (Å²) in [7, 11) is 1.76. The summed E-state index contributed by atoms with van der Waals surface area (Å²) in [5, 5.41) is 6.55. The molecular weight excluding hydrogens is 441 g/mol. The molecule has 0 heterocycles. The van der Waals surface area contributed by atoms with E-state index in [0.29, 0.717) is 32.9 Å². The Balaban J connectivity index is 0.00000338. The lowest BCUT2D eigenvalue weighted by atomic mass is 10.2. The highest BCUT2D eigenvalue weighted by molar-refractivity contribution is 14.0. The number of ether oxygens (including phenoxy) is 2. The molecule has 0 aliphatic rings. The molecular formula is C20H28IN3O2. The van der Waals surface area contributed by atoms with E-state index in [1.54, 1.807) is 7.05 Å². The van der Waals surface area contributed by atoms with E-state index in [-0.39, 0.29) is 24.0 Å². The topological polar surface area (TPSA) is 54.9 Å². The van der Waals surface area contributed by atoms with Crippen LogP contribution in [0.15, 0.2) is 59.6 Å². The predicted molar refractivity (Wildman–Crippen MR) is 117 cm³/mol. The molecule has 2 aromatic rings. The second-order valence-electron chi connectivity index (χ2n) is 5.43. The van der Waals surface area contributed by atoms with Crippen LogP contribution in [0.1, 0.15) is 18.1 Å². The van der Waals surface area contributed by atoms with Crippen LogP contribution in [0.4, 0.5) is 0 Å². The minimum Gasteiger partial charge on any atom is -0.494 e. The van der Waals surface area contributed by atoms with Crippen molar-refractivity contribution in [2.24, 2.45) is 4.99 Å². The summed E-state index contributed by atoms with van der Waals surface area (Å²) < 4.78 is 11.3. The van der Waals surface area contributed by atoms with Crippen molar-refractivity contribution < 1.29 is 9.47 Å². The highest BCUT2D eigenvalue weighted by atomic mass is 127. The maximum absolute atomic E-state index is 5.66. The molecule has 0 radical (unpaired) electrons. The van der Waals surface area contributed by atoms with Gasteiger partial charge in [-0.3, -0.25) is 4.99 Å². The first-order chi connectivity index (χ1) is 12.3. The quantitative estimate of drug-likeness (QED) is 0.255. The van der Waals surface area contributed by atoms with Crippen molar-refractivity contribution in [1.29, 1.82) is 0 Å². The van der Waals surface area contributed by atoms with Gasteiger partial charge in [0.25, 0.3) is 0 Å². The highest BCUT2D eigenvalue weighted by Gasteiger charge is 2.03. The van der Waals surface area contributed by atoms with Gasteiger partial charge in [0, 0.05) is 25.7 Å². The summed E-state index contributed by atoms with van der Waals surface area (Å²) in [6.07, 6.45) is 0. The van der Waals surface area contributed by atoms with Gasteiger partial charge in [-0.15, -0.1) is 24.0 Å². The molecule has 0 atom stereocenters. The van der Waals surface area contributed by atoms with Gasteiger partial charge in [0.05, 0.1) is 19.8 Å². The Hall–Kier alpha value is -1.80. The summed E-state index contributed by atoms with van der Waals surface area (Å²) in [5.41, 5.74) is 2.28. The van der Waals surface area contributed by atoms with Crippen LogP contribution >= 0.6 is 24.0 Å². The lowest BCUT2D eigenvalue weighted by Crippen LogP contribution is -2.38. The van der Waals surface area contributed by atoms with Crippen molar-refractivity contribution in [2.45, 2.75) is 20.1 Å². The first kappa shape index (κ1) is 22.2. The molecule has 0 spiro atoms. The number of nitrogens with one attached hydrogen (secondary N) is 2. The van der Waals surface area contributed by atoms with Gasteiger partial charge >= 0.3 is 0 Å². The first-order valence-corrected chi connectivity index (χ1v) is 8.60. The van der Waals surface area contributed by atoms with Crippen molar-refractivity contribution in [2.75, 3.05) is 26.8 Å². The maximum atomic E-state index is 5.66. The highest BCUT2D eigenvalue weighted by Crippen LogP contribution is 2.17. The maximum Gasteiger partial charge on any atom is 0.191 e. The number of benzene rings is 2. The number of halogens is 1. The third kappa shape index (κ3) is 8.05. The lowest BCUT2D eigenvalue weighted by Gasteiger charge is -2.14. The fraction of sp³-hybridized carbons (Fsp3) is 0.350. The second-order valence-corrected chi connectivity index (χ2v) is 5.43. The standard InChI is InChI=1S/C20H27N3O2.HI/c1-3-25-19-12-8-7-11-18(19)15-23-20(21-2)22-13-14-24-16-17-9-5-4-6-10-17;/h4-12H,3,13-16H2,1-2H3,(H2,21,22,23);1H. The third-order valence-electron chi connectivity index (χ3n) is 3.59. The van der Waals surface area contributed by atoms with Crippen LogP contribution in [0.3, 0.4) is 0 Å². The van der Waals surface area contributed by atoms with Crippen molar-refractivity contribution in [3.63, 3.8) is 0 Å². The monoisotopic (exact) mass is 469 g/mol. The van der Waals surface area contributed by atoms with Crippen molar-refractivity contribution in [3.8, 4) is 5.75 Å². The van der Waals surface area contributed by atoms with Gasteiger partial charge in [0.1, 0.15) is 5.75 Å². The van der Waals surface area contributed by atoms with E-state index in [2.05, 4.69) is 27.8 Å². The second kappa shape index (κ2) is 13.4. The molecule has 5 nitrogen and oxygen atoms in total. The van der Waals surface area contributed by atoms with Gasteiger partial charge in [0.2, 0.25) is 0 Å². The molecule has 26 heavy (non-hydrogen) atoms. The normalized spacial score (nSPS) is 10.8. The van der Waals surface area contributed by atoms with Gasteiger partial charge in [0.15, 0.2) is 5.96 Å². The number of rotatable bonds is 9. The Morgan fingerprint density at radius 1 is 1.00 bits per heavy atom. The largest absolute Gasteiger partial charge is 0.494 e. The minimum absolute atomic E-state index is 0. The number of nitrogens with zero attached hydrogens (tertiary/aromatic N) is 1. The molecule has 0 unspecified atom stereocenters. The molecule has 2 rings (SSSR count). The van der Waals surface area contributed by atoms with Gasteiger partial charge in [-0.2, -0.15) is 0 Å². The number of hydrogen-bond acceptors (Lipinski definition) is 3. The third-order valence-corrected chi connectivity index (χ3v) is 3.59. The van der Waals surface area contributed by atoms with Crippen molar-refractivity contribution in [3.05, 3.63) is 65.7 Å². The van der Waals surface area contributed by atoms with E-state index in [1.165, 1.54) is 5.56 Å². The van der Waals surface area contributed by atoms with E-state index in [4.69, 9.17) is 9.47 Å². The molecule has 0 aromatic heterocycles. The van der Waals surface area contributed by atoms with Crippen LogP contribution in [-0.2, 0) is 17.9 Å². The fourth-order valence-electron chi connectivity index (χ4n) is 2.35. The molecule has 0 aliphatic heterocycles. The zero-order chi connectivity index (χ0) is 17.7. The smallest absolute Gasteiger partial charge is 0.191 e. The number of hydrogen-bond donors (Lipinski definition) is 2. The zero-order valence-corrected chi connectivity index (χ0v) is 17.7. The summed E-state index contributed by atoms with van der Waals surface area (Å²) in [5.74, 6) is 1.65. The van der Waals surface area contributed by atoms with Gasteiger partial charge < -0.3 is 20.1 Å². The zero-order valence-electron chi connectivity index (χ0n) is 15.4. The molecule has 2 aromatic carbocycles. The molecule has 0 amide bonds. The summed E-state index contributed by atoms with van der Waals surface area (Å²) in [6.45, 7) is 5.23. The Morgan fingerprint density at radius 3 is 2.46 bits per heavy atom.